The first kappa shape index (κ1) is 18.4. The summed E-state index contributed by atoms with van der Waals surface area (Å²) in [4.78, 5) is 36.5. The molecule has 0 fully saturated rings. The van der Waals surface area contributed by atoms with Gasteiger partial charge >= 0.3 is 11.9 Å². The predicted octanol–water partition coefficient (Wildman–Crippen LogP) is 1.94. The highest BCUT2D eigenvalue weighted by molar-refractivity contribution is 6.09. The van der Waals surface area contributed by atoms with Gasteiger partial charge in [-0.1, -0.05) is 24.8 Å². The normalized spacial score (nSPS) is 10.6. The molecule has 124 valence electrons. The van der Waals surface area contributed by atoms with Gasteiger partial charge in [-0.15, -0.1) is 0 Å². The van der Waals surface area contributed by atoms with Crippen LogP contribution in [-0.4, -0.2) is 36.6 Å². The molecule has 1 aromatic carbocycles. The van der Waals surface area contributed by atoms with E-state index in [1.165, 1.54) is 6.92 Å². The van der Waals surface area contributed by atoms with Gasteiger partial charge in [0.25, 0.3) is 5.91 Å². The van der Waals surface area contributed by atoms with Crippen LogP contribution in [0.15, 0.2) is 30.8 Å². The maximum absolute atomic E-state index is 12.3. The van der Waals surface area contributed by atoms with Gasteiger partial charge in [0.15, 0.2) is 0 Å². The third kappa shape index (κ3) is 4.42. The number of benzene rings is 1. The summed E-state index contributed by atoms with van der Waals surface area (Å²) in [6.07, 6.45) is 1.64. The second-order valence-electron chi connectivity index (χ2n) is 4.85. The lowest BCUT2D eigenvalue weighted by molar-refractivity contribution is -0.164. The average Bonchev–Trinajstić information content (AvgIpc) is 2.55. The minimum atomic E-state index is -1.90. The molecule has 0 heterocycles. The van der Waals surface area contributed by atoms with Crippen molar-refractivity contribution in [3.63, 3.8) is 0 Å². The van der Waals surface area contributed by atoms with Gasteiger partial charge < -0.3 is 14.8 Å². The monoisotopic (exact) mass is 319 g/mol. The van der Waals surface area contributed by atoms with Crippen LogP contribution in [0.4, 0.5) is 0 Å². The van der Waals surface area contributed by atoms with E-state index in [1.54, 1.807) is 44.2 Å². The van der Waals surface area contributed by atoms with Gasteiger partial charge in [0.1, 0.15) is 0 Å². The molecule has 1 N–H and O–H groups in total. The van der Waals surface area contributed by atoms with Crippen molar-refractivity contribution in [2.24, 2.45) is 0 Å². The molecular weight excluding hydrogens is 298 g/mol. The van der Waals surface area contributed by atoms with Crippen molar-refractivity contribution in [3.8, 4) is 0 Å². The van der Waals surface area contributed by atoms with Crippen molar-refractivity contribution in [3.05, 3.63) is 42.0 Å². The van der Waals surface area contributed by atoms with E-state index in [-0.39, 0.29) is 13.2 Å². The molecule has 6 nitrogen and oxygen atoms in total. The molecule has 0 saturated carbocycles. The molecule has 0 spiro atoms. The van der Waals surface area contributed by atoms with E-state index in [4.69, 9.17) is 9.47 Å². The molecule has 0 radical (unpaired) electrons. The zero-order chi connectivity index (χ0) is 17.5. The van der Waals surface area contributed by atoms with E-state index in [2.05, 4.69) is 11.9 Å². The number of carbonyl (C=O) groups excluding carboxylic acids is 3. The lowest BCUT2D eigenvalue weighted by Crippen LogP contribution is -2.59. The number of esters is 2. The largest absolute Gasteiger partial charge is 0.464 e. The van der Waals surface area contributed by atoms with E-state index in [0.29, 0.717) is 5.56 Å². The van der Waals surface area contributed by atoms with Gasteiger partial charge in [0, 0.05) is 5.56 Å². The van der Waals surface area contributed by atoms with Gasteiger partial charge in [-0.2, -0.15) is 0 Å². The third-order valence-corrected chi connectivity index (χ3v) is 3.14. The van der Waals surface area contributed by atoms with E-state index < -0.39 is 23.4 Å². The Balaban J connectivity index is 3.03. The quantitative estimate of drug-likeness (QED) is 0.613. The van der Waals surface area contributed by atoms with Crippen LogP contribution < -0.4 is 5.32 Å². The van der Waals surface area contributed by atoms with Gasteiger partial charge in [0.2, 0.25) is 5.54 Å². The Labute approximate surface area is 135 Å². The van der Waals surface area contributed by atoms with Crippen molar-refractivity contribution in [1.29, 1.82) is 0 Å². The first-order valence-corrected chi connectivity index (χ1v) is 7.28. The molecule has 23 heavy (non-hydrogen) atoms. The Morgan fingerprint density at radius 1 is 1.09 bits per heavy atom. The molecule has 0 bridgehead atoms. The molecule has 1 aromatic rings. The standard InChI is InChI=1S/C17H21NO5/c1-5-12-8-10-13(11-9-12)14(19)18-17(4,15(20)22-6-2)16(21)23-7-3/h5,8-11H,1,6-7H2,2-4H3,(H,18,19). The smallest absolute Gasteiger partial charge is 0.343 e. The summed E-state index contributed by atoms with van der Waals surface area (Å²) in [6, 6.07) is 6.55. The molecule has 0 saturated heterocycles. The fourth-order valence-corrected chi connectivity index (χ4v) is 1.81. The van der Waals surface area contributed by atoms with Crippen molar-refractivity contribution in [2.75, 3.05) is 13.2 Å². The first-order chi connectivity index (χ1) is 10.9. The SMILES string of the molecule is C=Cc1ccc(C(=O)NC(C)(C(=O)OCC)C(=O)OCC)cc1. The molecule has 0 aliphatic carbocycles. The maximum atomic E-state index is 12.3. The summed E-state index contributed by atoms with van der Waals surface area (Å²) in [5, 5.41) is 2.40. The first-order valence-electron chi connectivity index (χ1n) is 7.28. The summed E-state index contributed by atoms with van der Waals surface area (Å²) < 4.78 is 9.76. The van der Waals surface area contributed by atoms with Crippen molar-refractivity contribution < 1.29 is 23.9 Å². The molecule has 6 heteroatoms. The zero-order valence-corrected chi connectivity index (χ0v) is 13.5. The Hall–Kier alpha value is -2.63. The topological polar surface area (TPSA) is 81.7 Å². The Morgan fingerprint density at radius 2 is 1.57 bits per heavy atom. The van der Waals surface area contributed by atoms with Crippen molar-refractivity contribution in [1.82, 2.24) is 5.32 Å². The second-order valence-corrected chi connectivity index (χ2v) is 4.85. The van der Waals surface area contributed by atoms with Crippen LogP contribution in [0.2, 0.25) is 0 Å². The number of nitrogens with one attached hydrogen (secondary N) is 1. The molecule has 1 rings (SSSR count). The van der Waals surface area contributed by atoms with Gasteiger partial charge in [-0.3, -0.25) is 4.79 Å². The molecule has 0 aliphatic heterocycles. The number of amides is 1. The van der Waals surface area contributed by atoms with Crippen LogP contribution >= 0.6 is 0 Å². The number of hydrogen-bond donors (Lipinski definition) is 1. The molecular formula is C17H21NO5. The summed E-state index contributed by atoms with van der Waals surface area (Å²) in [6.45, 7) is 8.28. The van der Waals surface area contributed by atoms with Crippen LogP contribution in [0.5, 0.6) is 0 Å². The minimum Gasteiger partial charge on any atom is -0.464 e. The fourth-order valence-electron chi connectivity index (χ4n) is 1.81. The summed E-state index contributed by atoms with van der Waals surface area (Å²) >= 11 is 0. The zero-order valence-electron chi connectivity index (χ0n) is 13.5. The van der Waals surface area contributed by atoms with Crippen LogP contribution in [0, 0.1) is 0 Å². The lowest BCUT2D eigenvalue weighted by Gasteiger charge is -2.26. The molecule has 0 aliphatic rings. The number of hydrogen-bond acceptors (Lipinski definition) is 5. The van der Waals surface area contributed by atoms with Crippen molar-refractivity contribution >= 4 is 23.9 Å². The molecule has 1 amide bonds. The molecule has 0 atom stereocenters. The van der Waals surface area contributed by atoms with Crippen molar-refractivity contribution in [2.45, 2.75) is 26.3 Å². The Morgan fingerprint density at radius 3 is 1.96 bits per heavy atom. The van der Waals surface area contributed by atoms with E-state index in [1.807, 2.05) is 0 Å². The van der Waals surface area contributed by atoms with Crippen LogP contribution in [0.1, 0.15) is 36.7 Å². The van der Waals surface area contributed by atoms with Crippen LogP contribution in [0.3, 0.4) is 0 Å². The highest BCUT2D eigenvalue weighted by Gasteiger charge is 2.46. The van der Waals surface area contributed by atoms with Gasteiger partial charge in [-0.05, 0) is 38.5 Å². The van der Waals surface area contributed by atoms with E-state index >= 15 is 0 Å². The average molecular weight is 319 g/mol. The summed E-state index contributed by atoms with van der Waals surface area (Å²) in [5.41, 5.74) is -0.754. The maximum Gasteiger partial charge on any atom is 0.343 e. The number of carbonyl (C=O) groups is 3. The predicted molar refractivity (Wildman–Crippen MR) is 85.7 cm³/mol. The van der Waals surface area contributed by atoms with Gasteiger partial charge in [-0.25, -0.2) is 9.59 Å². The number of ether oxygens (including phenoxy) is 2. The third-order valence-electron chi connectivity index (χ3n) is 3.14. The molecule has 0 aromatic heterocycles. The van der Waals surface area contributed by atoms with E-state index in [9.17, 15) is 14.4 Å². The summed E-state index contributed by atoms with van der Waals surface area (Å²) in [7, 11) is 0. The number of rotatable bonds is 7. The highest BCUT2D eigenvalue weighted by Crippen LogP contribution is 2.13. The highest BCUT2D eigenvalue weighted by atomic mass is 16.6. The van der Waals surface area contributed by atoms with Crippen LogP contribution in [0.25, 0.3) is 6.08 Å². The Bertz CT molecular complexity index is 574. The minimum absolute atomic E-state index is 0.0811. The van der Waals surface area contributed by atoms with Gasteiger partial charge in [0.05, 0.1) is 13.2 Å². The Kier molecular flexibility index (Phi) is 6.50. The van der Waals surface area contributed by atoms with E-state index in [0.717, 1.165) is 5.56 Å². The lowest BCUT2D eigenvalue weighted by atomic mass is 10.0. The van der Waals surface area contributed by atoms with Crippen LogP contribution in [-0.2, 0) is 19.1 Å². The molecule has 0 unspecified atom stereocenters. The fraction of sp³-hybridized carbons (Fsp3) is 0.353. The second kappa shape index (κ2) is 8.12. The summed E-state index contributed by atoms with van der Waals surface area (Å²) in [5.74, 6) is -2.31.